The van der Waals surface area contributed by atoms with Crippen molar-refractivity contribution in [2.45, 2.75) is 88.4 Å². The van der Waals surface area contributed by atoms with E-state index >= 15 is 4.39 Å². The first-order valence-corrected chi connectivity index (χ1v) is 10.8. The van der Waals surface area contributed by atoms with E-state index in [1.807, 2.05) is 6.92 Å². The van der Waals surface area contributed by atoms with Crippen LogP contribution in [-0.4, -0.2) is 50.7 Å². The second-order valence-electron chi connectivity index (χ2n) is 10.2. The van der Waals surface area contributed by atoms with Crippen molar-refractivity contribution in [3.8, 4) is 0 Å². The number of carboxylic acid groups (broad SMARTS) is 1. The molecular formula is C22H29FO6. The van der Waals surface area contributed by atoms with Crippen LogP contribution in [0.15, 0.2) is 11.6 Å². The predicted molar refractivity (Wildman–Crippen MR) is 99.5 cm³/mol. The van der Waals surface area contributed by atoms with Crippen molar-refractivity contribution in [1.82, 2.24) is 0 Å². The monoisotopic (exact) mass is 408 g/mol. The van der Waals surface area contributed by atoms with E-state index in [0.717, 1.165) is 5.57 Å². The Morgan fingerprint density at radius 1 is 1.28 bits per heavy atom. The minimum atomic E-state index is -1.71. The second-order valence-corrected chi connectivity index (χ2v) is 10.2. The van der Waals surface area contributed by atoms with Gasteiger partial charge in [-0.3, -0.25) is 9.59 Å². The number of halogens is 1. The first-order chi connectivity index (χ1) is 13.6. The van der Waals surface area contributed by atoms with Gasteiger partial charge in [-0.05, 0) is 56.9 Å². The Morgan fingerprint density at radius 2 is 2.03 bits per heavy atom. The molecule has 8 atom stereocenters. The molecule has 0 aromatic heterocycles. The van der Waals surface area contributed by atoms with Crippen LogP contribution in [-0.2, 0) is 14.3 Å². The van der Waals surface area contributed by atoms with Gasteiger partial charge in [0.2, 0.25) is 0 Å². The number of fused-ring (bicyclic) bond motifs is 6. The van der Waals surface area contributed by atoms with E-state index in [0.29, 0.717) is 38.5 Å². The molecule has 1 saturated heterocycles. The highest BCUT2D eigenvalue weighted by Gasteiger charge is 2.79. The van der Waals surface area contributed by atoms with Crippen LogP contribution < -0.4 is 0 Å². The summed E-state index contributed by atoms with van der Waals surface area (Å²) in [6, 6.07) is 0. The highest BCUT2D eigenvalue weighted by molar-refractivity contribution is 5.91. The van der Waals surface area contributed by atoms with Gasteiger partial charge in [0.1, 0.15) is 5.67 Å². The van der Waals surface area contributed by atoms with Crippen molar-refractivity contribution in [3.63, 3.8) is 0 Å². The minimum Gasteiger partial charge on any atom is -0.481 e. The smallest absolute Gasteiger partial charge is 0.303 e. The van der Waals surface area contributed by atoms with Crippen LogP contribution >= 0.6 is 0 Å². The maximum absolute atomic E-state index is 17.2. The number of hydrogen-bond acceptors (Lipinski definition) is 5. The van der Waals surface area contributed by atoms with E-state index in [-0.39, 0.29) is 36.9 Å². The molecule has 1 heterocycles. The molecule has 160 valence electrons. The van der Waals surface area contributed by atoms with Gasteiger partial charge >= 0.3 is 5.97 Å². The van der Waals surface area contributed by atoms with E-state index in [4.69, 9.17) is 9.84 Å². The van der Waals surface area contributed by atoms with Gasteiger partial charge in [-0.1, -0.05) is 12.5 Å². The maximum Gasteiger partial charge on any atom is 0.303 e. The zero-order chi connectivity index (χ0) is 20.8. The number of aliphatic hydroxyl groups excluding tert-OH is 1. The van der Waals surface area contributed by atoms with Gasteiger partial charge < -0.3 is 20.1 Å². The summed E-state index contributed by atoms with van der Waals surface area (Å²) in [7, 11) is 0. The van der Waals surface area contributed by atoms with E-state index in [1.54, 1.807) is 6.08 Å². The number of carbonyl (C=O) groups excluding carboxylic acids is 1. The molecule has 5 aliphatic rings. The van der Waals surface area contributed by atoms with Gasteiger partial charge in [0, 0.05) is 24.2 Å². The maximum atomic E-state index is 17.2. The average Bonchev–Trinajstić information content (AvgIpc) is 3.14. The molecule has 0 amide bonds. The molecule has 29 heavy (non-hydrogen) atoms. The summed E-state index contributed by atoms with van der Waals surface area (Å²) in [4.78, 5) is 23.1. The van der Waals surface area contributed by atoms with Crippen LogP contribution in [0.5, 0.6) is 0 Å². The average molecular weight is 408 g/mol. The molecule has 4 aliphatic carbocycles. The minimum absolute atomic E-state index is 0.0366. The zero-order valence-corrected chi connectivity index (χ0v) is 16.7. The third-order valence-electron chi connectivity index (χ3n) is 9.39. The summed E-state index contributed by atoms with van der Waals surface area (Å²) in [6.45, 7) is 1.89. The molecular weight excluding hydrogens is 379 g/mol. The summed E-state index contributed by atoms with van der Waals surface area (Å²) in [5, 5.41) is 31.6. The molecule has 2 bridgehead atoms. The van der Waals surface area contributed by atoms with Crippen molar-refractivity contribution >= 4 is 11.8 Å². The van der Waals surface area contributed by atoms with Crippen LogP contribution in [0.2, 0.25) is 0 Å². The lowest BCUT2D eigenvalue weighted by atomic mass is 9.44. The Kier molecular flexibility index (Phi) is 3.99. The summed E-state index contributed by atoms with van der Waals surface area (Å²) >= 11 is 0. The van der Waals surface area contributed by atoms with Gasteiger partial charge in [0.25, 0.3) is 0 Å². The largest absolute Gasteiger partial charge is 0.481 e. The first-order valence-electron chi connectivity index (χ1n) is 10.8. The Balaban J connectivity index is 1.59. The molecule has 4 fully saturated rings. The molecule has 0 aromatic rings. The number of allylic oxidation sites excluding steroid dienone is 1. The summed E-state index contributed by atoms with van der Waals surface area (Å²) in [5.74, 6) is -1.60. The van der Waals surface area contributed by atoms with E-state index < -0.39 is 40.5 Å². The lowest BCUT2D eigenvalue weighted by molar-refractivity contribution is -0.199. The SMILES string of the molecule is C[C@]12CCC(=O)C=C1CC[C@H]1[C@@H]3CC[C@@](O)(CCC(=O)O)[C@@]34C[C@H](OC4O)[C@@]12F. The number of alkyl halides is 1. The molecule has 1 unspecified atom stereocenters. The molecule has 6 nitrogen and oxygen atoms in total. The van der Waals surface area contributed by atoms with Gasteiger partial charge in [0.15, 0.2) is 12.1 Å². The number of ketones is 1. The Labute approximate surface area is 169 Å². The molecule has 5 rings (SSSR count). The topological polar surface area (TPSA) is 104 Å². The zero-order valence-electron chi connectivity index (χ0n) is 16.7. The van der Waals surface area contributed by atoms with Crippen LogP contribution in [0.3, 0.4) is 0 Å². The molecule has 3 N–H and O–H groups in total. The normalized spacial score (nSPS) is 53.1. The summed E-state index contributed by atoms with van der Waals surface area (Å²) in [6.07, 6.45) is 2.32. The van der Waals surface area contributed by atoms with Crippen molar-refractivity contribution in [1.29, 1.82) is 0 Å². The third-order valence-corrected chi connectivity index (χ3v) is 9.39. The van der Waals surface area contributed by atoms with Gasteiger partial charge in [-0.25, -0.2) is 4.39 Å². The lowest BCUT2D eigenvalue weighted by Gasteiger charge is -2.61. The van der Waals surface area contributed by atoms with Crippen LogP contribution in [0.25, 0.3) is 0 Å². The number of hydrogen-bond donors (Lipinski definition) is 3. The number of aliphatic hydroxyl groups is 2. The lowest BCUT2D eigenvalue weighted by Crippen LogP contribution is -2.67. The fourth-order valence-electron chi connectivity index (χ4n) is 7.96. The van der Waals surface area contributed by atoms with E-state index in [9.17, 15) is 19.8 Å². The molecule has 1 spiro atoms. The second kappa shape index (κ2) is 5.89. The fraction of sp³-hybridized carbons (Fsp3) is 0.818. The van der Waals surface area contributed by atoms with Crippen molar-refractivity contribution < 1.29 is 34.0 Å². The number of aliphatic carboxylic acids is 1. The molecule has 0 radical (unpaired) electrons. The number of rotatable bonds is 3. The Morgan fingerprint density at radius 3 is 2.76 bits per heavy atom. The van der Waals surface area contributed by atoms with E-state index in [1.165, 1.54) is 0 Å². The number of carbonyl (C=O) groups is 2. The first kappa shape index (κ1) is 19.6. The Bertz CT molecular complexity index is 811. The van der Waals surface area contributed by atoms with Gasteiger partial charge in [-0.2, -0.15) is 0 Å². The number of ether oxygens (including phenoxy) is 1. The summed E-state index contributed by atoms with van der Waals surface area (Å²) < 4.78 is 23.0. The molecule has 1 aliphatic heterocycles. The molecule has 3 saturated carbocycles. The van der Waals surface area contributed by atoms with E-state index in [2.05, 4.69) is 0 Å². The van der Waals surface area contributed by atoms with Crippen molar-refractivity contribution in [2.24, 2.45) is 22.7 Å². The van der Waals surface area contributed by atoms with Crippen LogP contribution in [0.4, 0.5) is 4.39 Å². The standard InChI is InChI=1S/C22H29FO6/c1-19-7-4-13(24)10-12(19)2-3-15-14-5-8-20(28,9-6-17(25)26)21(14)11-16(22(15,19)23)29-18(21)27/h10,14-16,18,27-28H,2-9,11H2,1H3,(H,25,26)/t14-,15-,16-,18?,19-,20+,21-,22-/m0/s1. The van der Waals surface area contributed by atoms with Crippen molar-refractivity contribution in [2.75, 3.05) is 0 Å². The third kappa shape index (κ3) is 2.16. The van der Waals surface area contributed by atoms with Crippen LogP contribution in [0, 0.1) is 22.7 Å². The molecule has 7 heteroatoms. The summed E-state index contributed by atoms with van der Waals surface area (Å²) in [5.41, 5.74) is -4.06. The highest BCUT2D eigenvalue weighted by atomic mass is 19.1. The van der Waals surface area contributed by atoms with Gasteiger partial charge in [0.05, 0.1) is 17.1 Å². The Hall–Kier alpha value is -1.31. The quantitative estimate of drug-likeness (QED) is 0.663. The number of carboxylic acids is 1. The van der Waals surface area contributed by atoms with Crippen molar-refractivity contribution in [3.05, 3.63) is 11.6 Å². The molecule has 0 aromatic carbocycles. The van der Waals surface area contributed by atoms with Gasteiger partial charge in [-0.15, -0.1) is 0 Å². The fourth-order valence-corrected chi connectivity index (χ4v) is 7.96. The van der Waals surface area contributed by atoms with Crippen LogP contribution in [0.1, 0.15) is 64.7 Å². The predicted octanol–water partition coefficient (Wildman–Crippen LogP) is 2.51. The highest BCUT2D eigenvalue weighted by Crippen LogP contribution is 2.74.